The number of hydrogen-bond acceptors (Lipinski definition) is 11. The van der Waals surface area contributed by atoms with E-state index in [0.29, 0.717) is 0 Å². The van der Waals surface area contributed by atoms with Gasteiger partial charge in [0.15, 0.2) is 23.2 Å². The van der Waals surface area contributed by atoms with Gasteiger partial charge in [0, 0.05) is 6.42 Å². The molecule has 0 bridgehead atoms. The molecule has 0 radical (unpaired) electrons. The maximum atomic E-state index is 13.8. The van der Waals surface area contributed by atoms with Gasteiger partial charge in [0.25, 0.3) is 0 Å². The number of anilines is 1. The van der Waals surface area contributed by atoms with Crippen LogP contribution in [0.5, 0.6) is 5.75 Å². The van der Waals surface area contributed by atoms with Crippen LogP contribution in [0.2, 0.25) is 0 Å². The first-order valence-electron chi connectivity index (χ1n) is 13.0. The van der Waals surface area contributed by atoms with Gasteiger partial charge in [-0.25, -0.2) is 9.55 Å². The standard InChI is InChI=1S/C25H34FN6O7P/c1-4-16(5-2)12-36-24(34)15(3)31-40(35,39-17-9-7-6-8-10-17)37-13-18-11-19(33)23(38-18)32-14-28-20-21(27)29-25(26)30-22(20)32/h6-10,14-16,18-19,23,33H,4-5,11-13H2,1-3H3,(H,31,35)(H2,27,29,30)/t15-,18-,19+,23+,40?/m0/s1. The third-order valence-electron chi connectivity index (χ3n) is 6.58. The molecule has 1 aliphatic heterocycles. The topological polar surface area (TPSA) is 173 Å². The van der Waals surface area contributed by atoms with Gasteiger partial charge in [0.2, 0.25) is 0 Å². The first kappa shape index (κ1) is 29.8. The highest BCUT2D eigenvalue weighted by atomic mass is 31.2. The van der Waals surface area contributed by atoms with E-state index in [0.717, 1.165) is 12.8 Å². The van der Waals surface area contributed by atoms with Crippen molar-refractivity contribution in [3.63, 3.8) is 0 Å². The molecule has 1 unspecified atom stereocenters. The van der Waals surface area contributed by atoms with E-state index >= 15 is 0 Å². The summed E-state index contributed by atoms with van der Waals surface area (Å²) < 4.78 is 51.6. The summed E-state index contributed by atoms with van der Waals surface area (Å²) in [5.41, 5.74) is 5.93. The molecule has 0 saturated carbocycles. The van der Waals surface area contributed by atoms with Crippen molar-refractivity contribution >= 4 is 30.7 Å². The Labute approximate surface area is 230 Å². The van der Waals surface area contributed by atoms with E-state index in [1.54, 1.807) is 30.3 Å². The second-order valence-electron chi connectivity index (χ2n) is 9.51. The molecule has 40 heavy (non-hydrogen) atoms. The number of hydrogen-bond donors (Lipinski definition) is 3. The molecular weight excluding hydrogens is 546 g/mol. The fourth-order valence-corrected chi connectivity index (χ4v) is 5.74. The van der Waals surface area contributed by atoms with Crippen molar-refractivity contribution in [1.82, 2.24) is 24.6 Å². The summed E-state index contributed by atoms with van der Waals surface area (Å²) in [6.45, 7) is 5.52. The fourth-order valence-electron chi connectivity index (χ4n) is 4.22. The fraction of sp³-hybridized carbons (Fsp3) is 0.520. The summed E-state index contributed by atoms with van der Waals surface area (Å²) in [4.78, 5) is 23.9. The molecule has 1 fully saturated rings. The lowest BCUT2D eigenvalue weighted by atomic mass is 10.1. The molecule has 0 aliphatic carbocycles. The largest absolute Gasteiger partial charge is 0.464 e. The predicted molar refractivity (Wildman–Crippen MR) is 142 cm³/mol. The Morgan fingerprint density at radius 2 is 2.02 bits per heavy atom. The number of aliphatic hydroxyl groups excluding tert-OH is 1. The first-order chi connectivity index (χ1) is 19.1. The number of rotatable bonds is 13. The lowest BCUT2D eigenvalue weighted by Crippen LogP contribution is -2.36. The van der Waals surface area contributed by atoms with Gasteiger partial charge in [-0.05, 0) is 25.0 Å². The van der Waals surface area contributed by atoms with Crippen LogP contribution < -0.4 is 15.3 Å². The molecule has 13 nitrogen and oxygen atoms in total. The highest BCUT2D eigenvalue weighted by Crippen LogP contribution is 2.46. The Morgan fingerprint density at radius 1 is 1.30 bits per heavy atom. The number of nitrogens with zero attached hydrogens (tertiary/aromatic N) is 4. The molecule has 1 aliphatic rings. The molecule has 0 spiro atoms. The first-order valence-corrected chi connectivity index (χ1v) is 14.6. The monoisotopic (exact) mass is 580 g/mol. The highest BCUT2D eigenvalue weighted by molar-refractivity contribution is 7.52. The van der Waals surface area contributed by atoms with Crippen molar-refractivity contribution in [1.29, 1.82) is 0 Å². The number of carbonyl (C=O) groups excluding carboxylic acids is 1. The van der Waals surface area contributed by atoms with Crippen molar-refractivity contribution in [2.45, 2.75) is 64.5 Å². The van der Waals surface area contributed by atoms with Crippen LogP contribution in [0.1, 0.15) is 46.3 Å². The second kappa shape index (κ2) is 13.0. The summed E-state index contributed by atoms with van der Waals surface area (Å²) >= 11 is 0. The number of para-hydroxylation sites is 1. The quantitative estimate of drug-likeness (QED) is 0.153. The third kappa shape index (κ3) is 7.12. The smallest absolute Gasteiger partial charge is 0.459 e. The summed E-state index contributed by atoms with van der Waals surface area (Å²) in [5.74, 6) is -0.261. The molecule has 218 valence electrons. The van der Waals surface area contributed by atoms with Crippen LogP contribution in [0.15, 0.2) is 36.7 Å². The molecule has 0 amide bonds. The number of nitrogens with one attached hydrogen (secondary N) is 1. The number of benzene rings is 1. The Kier molecular flexibility index (Phi) is 9.69. The van der Waals surface area contributed by atoms with E-state index in [1.807, 2.05) is 13.8 Å². The molecule has 1 aromatic carbocycles. The number of ether oxygens (including phenoxy) is 2. The minimum Gasteiger partial charge on any atom is -0.464 e. The van der Waals surface area contributed by atoms with E-state index in [2.05, 4.69) is 20.0 Å². The maximum absolute atomic E-state index is 13.8. The summed E-state index contributed by atoms with van der Waals surface area (Å²) in [6.07, 6.45) is -0.700. The van der Waals surface area contributed by atoms with Crippen molar-refractivity contribution in [2.24, 2.45) is 5.92 Å². The van der Waals surface area contributed by atoms with Gasteiger partial charge in [-0.1, -0.05) is 44.9 Å². The Bertz CT molecular complexity index is 1340. The highest BCUT2D eigenvalue weighted by Gasteiger charge is 2.39. The number of halogens is 1. The predicted octanol–water partition coefficient (Wildman–Crippen LogP) is 3.36. The van der Waals surface area contributed by atoms with Crippen LogP contribution in [0.25, 0.3) is 11.2 Å². The van der Waals surface area contributed by atoms with Gasteiger partial charge in [-0.15, -0.1) is 0 Å². The van der Waals surface area contributed by atoms with E-state index in [4.69, 9.17) is 24.3 Å². The molecular formula is C25H34FN6O7P. The number of imidazole rings is 1. The van der Waals surface area contributed by atoms with Crippen LogP contribution >= 0.6 is 7.75 Å². The zero-order valence-corrected chi connectivity index (χ0v) is 23.4. The third-order valence-corrected chi connectivity index (χ3v) is 8.22. The lowest BCUT2D eigenvalue weighted by Gasteiger charge is -2.24. The van der Waals surface area contributed by atoms with Crippen LogP contribution in [0.4, 0.5) is 10.2 Å². The lowest BCUT2D eigenvalue weighted by molar-refractivity contribution is -0.146. The maximum Gasteiger partial charge on any atom is 0.459 e. The SMILES string of the molecule is CCC(CC)COC(=O)[C@H](C)NP(=O)(OC[C@@H]1C[C@@H](O)[C@H](n2cnc3c(N)nc(F)nc32)O1)Oc1ccccc1. The van der Waals surface area contributed by atoms with Gasteiger partial charge < -0.3 is 24.8 Å². The van der Waals surface area contributed by atoms with E-state index in [1.165, 1.54) is 17.8 Å². The van der Waals surface area contributed by atoms with Crippen LogP contribution in [-0.2, 0) is 23.4 Å². The molecule has 4 N–H and O–H groups in total. The Hall–Kier alpha value is -3.16. The number of carbonyl (C=O) groups is 1. The Morgan fingerprint density at radius 3 is 2.73 bits per heavy atom. The van der Waals surface area contributed by atoms with Gasteiger partial charge in [0.05, 0.1) is 25.6 Å². The van der Waals surface area contributed by atoms with Crippen molar-refractivity contribution < 1.29 is 37.4 Å². The average Bonchev–Trinajstić information content (AvgIpc) is 3.51. The van der Waals surface area contributed by atoms with Crippen LogP contribution in [0.3, 0.4) is 0 Å². The minimum absolute atomic E-state index is 0.0519. The molecule has 1 saturated heterocycles. The summed E-state index contributed by atoms with van der Waals surface area (Å²) in [6, 6.07) is 7.34. The zero-order chi connectivity index (χ0) is 28.9. The van der Waals surface area contributed by atoms with Crippen LogP contribution in [-0.4, -0.2) is 62.1 Å². The normalized spacial score (nSPS) is 21.4. The minimum atomic E-state index is -4.14. The van der Waals surface area contributed by atoms with Crippen molar-refractivity contribution in [3.8, 4) is 5.75 Å². The molecule has 3 aromatic rings. The molecule has 15 heteroatoms. The van der Waals surface area contributed by atoms with Gasteiger partial charge in [-0.3, -0.25) is 13.9 Å². The number of nitrogens with two attached hydrogens (primary N) is 1. The van der Waals surface area contributed by atoms with E-state index in [9.17, 15) is 18.9 Å². The average molecular weight is 581 g/mol. The van der Waals surface area contributed by atoms with Gasteiger partial charge in [-0.2, -0.15) is 19.4 Å². The molecule has 3 heterocycles. The molecule has 4 rings (SSSR count). The number of nitrogen functional groups attached to an aromatic ring is 1. The number of aliphatic hydroxyl groups is 1. The van der Waals surface area contributed by atoms with Crippen LogP contribution in [0, 0.1) is 12.0 Å². The van der Waals surface area contributed by atoms with Gasteiger partial charge in [0.1, 0.15) is 17.9 Å². The number of esters is 1. The van der Waals surface area contributed by atoms with Gasteiger partial charge >= 0.3 is 19.8 Å². The zero-order valence-electron chi connectivity index (χ0n) is 22.5. The molecule has 5 atom stereocenters. The van der Waals surface area contributed by atoms with Crippen molar-refractivity contribution in [3.05, 3.63) is 42.7 Å². The second-order valence-corrected chi connectivity index (χ2v) is 11.2. The van der Waals surface area contributed by atoms with Crippen molar-refractivity contribution in [2.75, 3.05) is 18.9 Å². The number of fused-ring (bicyclic) bond motifs is 1. The summed E-state index contributed by atoms with van der Waals surface area (Å²) in [7, 11) is -4.14. The van der Waals surface area contributed by atoms with E-state index < -0.39 is 44.3 Å². The number of aromatic nitrogens is 4. The molecule has 2 aromatic heterocycles. The van der Waals surface area contributed by atoms with E-state index in [-0.39, 0.29) is 48.3 Å². The Balaban J connectivity index is 1.44. The summed E-state index contributed by atoms with van der Waals surface area (Å²) in [5, 5.41) is 13.3.